The van der Waals surface area contributed by atoms with Crippen LogP contribution in [0.3, 0.4) is 0 Å². The minimum absolute atomic E-state index is 0.149. The van der Waals surface area contributed by atoms with Crippen LogP contribution < -0.4 is 0 Å². The molecule has 0 fully saturated rings. The third-order valence-electron chi connectivity index (χ3n) is 2.78. The van der Waals surface area contributed by atoms with Gasteiger partial charge in [0.15, 0.2) is 0 Å². The van der Waals surface area contributed by atoms with Gasteiger partial charge in [-0.15, -0.1) is 0 Å². The average Bonchev–Trinajstić information content (AvgIpc) is 2.30. The maximum atomic E-state index is 9.86. The van der Waals surface area contributed by atoms with Crippen molar-refractivity contribution in [1.82, 2.24) is 0 Å². The molecule has 0 spiro atoms. The highest BCUT2D eigenvalue weighted by Crippen LogP contribution is 2.30. The van der Waals surface area contributed by atoms with Crippen LogP contribution in [0.2, 0.25) is 10.0 Å². The molecule has 2 aromatic rings. The first-order valence-corrected chi connectivity index (χ1v) is 6.18. The summed E-state index contributed by atoms with van der Waals surface area (Å²) in [7, 11) is 0. The van der Waals surface area contributed by atoms with Crippen LogP contribution in [0.5, 0.6) is 11.5 Å². The molecule has 2 nitrogen and oxygen atoms in total. The quantitative estimate of drug-likeness (QED) is 0.862. The van der Waals surface area contributed by atoms with Gasteiger partial charge in [0, 0.05) is 16.5 Å². The first kappa shape index (κ1) is 13.1. The van der Waals surface area contributed by atoms with Gasteiger partial charge in [-0.25, -0.2) is 0 Å². The zero-order valence-electron chi connectivity index (χ0n) is 9.74. The second-order valence-corrected chi connectivity index (χ2v) is 5.02. The van der Waals surface area contributed by atoms with Crippen LogP contribution in [-0.2, 0) is 6.42 Å². The molecule has 0 aromatic heterocycles. The Balaban J connectivity index is 2.40. The molecule has 4 heteroatoms. The monoisotopic (exact) mass is 282 g/mol. The molecular weight excluding hydrogens is 271 g/mol. The average molecular weight is 283 g/mol. The summed E-state index contributed by atoms with van der Waals surface area (Å²) in [6.07, 6.45) is 0.373. The molecule has 0 amide bonds. The molecule has 0 atom stereocenters. The summed E-state index contributed by atoms with van der Waals surface area (Å²) in [5.41, 5.74) is 2.12. The van der Waals surface area contributed by atoms with E-state index in [4.69, 9.17) is 23.2 Å². The summed E-state index contributed by atoms with van der Waals surface area (Å²) in [5, 5.41) is 20.7. The van der Waals surface area contributed by atoms with Crippen molar-refractivity contribution in [2.24, 2.45) is 0 Å². The van der Waals surface area contributed by atoms with Crippen LogP contribution in [0.25, 0.3) is 0 Å². The van der Waals surface area contributed by atoms with Crippen molar-refractivity contribution in [3.63, 3.8) is 0 Å². The van der Waals surface area contributed by atoms with E-state index in [1.807, 2.05) is 6.92 Å². The summed E-state index contributed by atoms with van der Waals surface area (Å²) in [5.74, 6) is 0.312. The molecule has 0 radical (unpaired) electrons. The number of benzene rings is 2. The van der Waals surface area contributed by atoms with Gasteiger partial charge in [0.1, 0.15) is 11.5 Å². The lowest BCUT2D eigenvalue weighted by molar-refractivity contribution is 0.462. The first-order chi connectivity index (χ1) is 8.47. The molecule has 0 aliphatic rings. The Labute approximate surface area is 115 Å². The minimum Gasteiger partial charge on any atom is -0.508 e. The van der Waals surface area contributed by atoms with E-state index in [0.29, 0.717) is 27.6 Å². The van der Waals surface area contributed by atoms with Crippen molar-refractivity contribution in [2.75, 3.05) is 0 Å². The predicted molar refractivity (Wildman–Crippen MR) is 73.8 cm³/mol. The van der Waals surface area contributed by atoms with E-state index in [2.05, 4.69) is 0 Å². The smallest absolute Gasteiger partial charge is 0.119 e. The van der Waals surface area contributed by atoms with E-state index in [9.17, 15) is 10.2 Å². The van der Waals surface area contributed by atoms with Gasteiger partial charge in [0.05, 0.1) is 0 Å². The van der Waals surface area contributed by atoms with Crippen molar-refractivity contribution in [1.29, 1.82) is 0 Å². The third-order valence-corrected chi connectivity index (χ3v) is 3.42. The van der Waals surface area contributed by atoms with Gasteiger partial charge in [-0.05, 0) is 53.9 Å². The van der Waals surface area contributed by atoms with Crippen LogP contribution in [0.1, 0.15) is 16.7 Å². The molecule has 0 saturated carbocycles. The number of halogens is 2. The van der Waals surface area contributed by atoms with Crippen molar-refractivity contribution >= 4 is 23.2 Å². The molecule has 18 heavy (non-hydrogen) atoms. The maximum Gasteiger partial charge on any atom is 0.119 e. The van der Waals surface area contributed by atoms with Crippen LogP contribution >= 0.6 is 23.2 Å². The predicted octanol–water partition coefficient (Wildman–Crippen LogP) is 4.30. The lowest BCUT2D eigenvalue weighted by Crippen LogP contribution is -1.91. The molecule has 2 N–H and O–H groups in total. The number of hydrogen-bond acceptors (Lipinski definition) is 2. The van der Waals surface area contributed by atoms with E-state index in [0.717, 1.165) is 5.56 Å². The molecule has 0 aliphatic carbocycles. The number of phenols is 2. The zero-order chi connectivity index (χ0) is 13.3. The van der Waals surface area contributed by atoms with Crippen LogP contribution in [0.4, 0.5) is 0 Å². The fraction of sp³-hybridized carbons (Fsp3) is 0.143. The van der Waals surface area contributed by atoms with Gasteiger partial charge in [0.2, 0.25) is 0 Å². The van der Waals surface area contributed by atoms with Gasteiger partial charge in [-0.1, -0.05) is 23.2 Å². The lowest BCUT2D eigenvalue weighted by Gasteiger charge is -2.09. The highest BCUT2D eigenvalue weighted by molar-refractivity contribution is 6.31. The molecule has 0 heterocycles. The molecule has 0 saturated heterocycles. The number of aryl methyl sites for hydroxylation is 1. The van der Waals surface area contributed by atoms with E-state index in [-0.39, 0.29) is 11.5 Å². The highest BCUT2D eigenvalue weighted by Gasteiger charge is 2.09. The molecule has 94 valence electrons. The summed E-state index contributed by atoms with van der Waals surface area (Å²) in [6, 6.07) is 8.13. The van der Waals surface area contributed by atoms with E-state index in [1.165, 1.54) is 6.07 Å². The second-order valence-electron chi connectivity index (χ2n) is 4.18. The zero-order valence-corrected chi connectivity index (χ0v) is 11.3. The highest BCUT2D eigenvalue weighted by atomic mass is 35.5. The minimum atomic E-state index is 0.149. The topological polar surface area (TPSA) is 40.5 Å². The first-order valence-electron chi connectivity index (χ1n) is 5.43. The van der Waals surface area contributed by atoms with E-state index < -0.39 is 0 Å². The number of hydrogen-bond donors (Lipinski definition) is 2. The molecular formula is C14H12Cl2O2. The molecule has 2 rings (SSSR count). The number of phenolic OH excluding ortho intramolecular Hbond substituents is 2. The SMILES string of the molecule is Cc1cc(O)c(Cc2cc(Cl)ccc2O)cc1Cl. The Morgan fingerprint density at radius 1 is 0.944 bits per heavy atom. The molecule has 0 aliphatic heterocycles. The van der Waals surface area contributed by atoms with Crippen LogP contribution in [0, 0.1) is 6.92 Å². The van der Waals surface area contributed by atoms with Gasteiger partial charge in [-0.3, -0.25) is 0 Å². The van der Waals surface area contributed by atoms with Crippen molar-refractivity contribution < 1.29 is 10.2 Å². The van der Waals surface area contributed by atoms with Gasteiger partial charge >= 0.3 is 0 Å². The molecule has 0 unspecified atom stereocenters. The van der Waals surface area contributed by atoms with Crippen molar-refractivity contribution in [3.05, 3.63) is 57.1 Å². The Morgan fingerprint density at radius 3 is 2.33 bits per heavy atom. The summed E-state index contributed by atoms with van der Waals surface area (Å²) in [4.78, 5) is 0. The molecule has 2 aromatic carbocycles. The van der Waals surface area contributed by atoms with Crippen LogP contribution in [0.15, 0.2) is 30.3 Å². The fourth-order valence-corrected chi connectivity index (χ4v) is 2.13. The maximum absolute atomic E-state index is 9.86. The normalized spacial score (nSPS) is 10.6. The Kier molecular flexibility index (Phi) is 3.69. The largest absolute Gasteiger partial charge is 0.508 e. The summed E-state index contributed by atoms with van der Waals surface area (Å²) >= 11 is 11.9. The van der Waals surface area contributed by atoms with Gasteiger partial charge < -0.3 is 10.2 Å². The van der Waals surface area contributed by atoms with Gasteiger partial charge in [-0.2, -0.15) is 0 Å². The summed E-state index contributed by atoms with van der Waals surface area (Å²) in [6.45, 7) is 1.82. The Hall–Kier alpha value is -1.38. The Bertz CT molecular complexity index is 595. The van der Waals surface area contributed by atoms with Gasteiger partial charge in [0.25, 0.3) is 0 Å². The standard InChI is InChI=1S/C14H12Cl2O2/c1-8-4-14(18)10(7-12(8)16)5-9-6-11(15)2-3-13(9)17/h2-4,6-7,17-18H,5H2,1H3. The number of rotatable bonds is 2. The second kappa shape index (κ2) is 5.09. The Morgan fingerprint density at radius 2 is 1.61 bits per heavy atom. The van der Waals surface area contributed by atoms with Crippen molar-refractivity contribution in [3.8, 4) is 11.5 Å². The summed E-state index contributed by atoms with van der Waals surface area (Å²) < 4.78 is 0. The molecule has 0 bridgehead atoms. The lowest BCUT2D eigenvalue weighted by atomic mass is 10.0. The van der Waals surface area contributed by atoms with E-state index >= 15 is 0 Å². The third kappa shape index (κ3) is 2.71. The van der Waals surface area contributed by atoms with E-state index in [1.54, 1.807) is 24.3 Å². The van der Waals surface area contributed by atoms with Crippen LogP contribution in [-0.4, -0.2) is 10.2 Å². The van der Waals surface area contributed by atoms with Crippen molar-refractivity contribution in [2.45, 2.75) is 13.3 Å². The fourth-order valence-electron chi connectivity index (χ4n) is 1.75. The number of aromatic hydroxyl groups is 2.